The van der Waals surface area contributed by atoms with E-state index in [1.807, 2.05) is 0 Å². The van der Waals surface area contributed by atoms with Gasteiger partial charge in [0.15, 0.2) is 16.6 Å². The van der Waals surface area contributed by atoms with Crippen LogP contribution in [0.5, 0.6) is 0 Å². The molecule has 0 aromatic rings. The molecule has 0 amide bonds. The summed E-state index contributed by atoms with van der Waals surface area (Å²) in [4.78, 5) is 11.7. The van der Waals surface area contributed by atoms with Crippen molar-refractivity contribution in [1.82, 2.24) is 0 Å². The predicted molar refractivity (Wildman–Crippen MR) is 209 cm³/mol. The summed E-state index contributed by atoms with van der Waals surface area (Å²) in [5.41, 5.74) is 3.11. The highest BCUT2D eigenvalue weighted by Crippen LogP contribution is 2.59. The Kier molecular flexibility index (Phi) is 13.1. The van der Waals surface area contributed by atoms with Crippen LogP contribution in [0.1, 0.15) is 114 Å². The molecule has 7 atom stereocenters. The maximum Gasteiger partial charge on any atom is 0.508 e. The predicted octanol–water partition coefficient (Wildman–Crippen LogP) is 11.3. The quantitative estimate of drug-likeness (QED) is 0.138. The first-order chi connectivity index (χ1) is 22.3. The van der Waals surface area contributed by atoms with Gasteiger partial charge < -0.3 is 23.4 Å². The van der Waals surface area contributed by atoms with Crippen molar-refractivity contribution in [2.75, 3.05) is 7.11 Å². The number of ether oxygens (including phenoxy) is 2. The highest BCUT2D eigenvalue weighted by Gasteiger charge is 2.50. The number of aliphatic hydroxyl groups is 1. The minimum absolute atomic E-state index is 0.0208. The van der Waals surface area contributed by atoms with Gasteiger partial charge in [0.05, 0.1) is 19.3 Å². The van der Waals surface area contributed by atoms with Crippen LogP contribution in [-0.2, 0) is 18.3 Å². The van der Waals surface area contributed by atoms with Crippen LogP contribution in [0.15, 0.2) is 47.6 Å². The van der Waals surface area contributed by atoms with Crippen LogP contribution in [0.3, 0.4) is 0 Å². The van der Waals surface area contributed by atoms with Gasteiger partial charge >= 0.3 is 6.16 Å². The molecular formula is C41H72O6Si2. The van der Waals surface area contributed by atoms with Crippen molar-refractivity contribution in [3.8, 4) is 0 Å². The van der Waals surface area contributed by atoms with Crippen molar-refractivity contribution >= 4 is 22.8 Å². The molecule has 3 rings (SSSR count). The average Bonchev–Trinajstić information content (AvgIpc) is 3.32. The second-order valence-corrected chi connectivity index (χ2v) is 28.7. The van der Waals surface area contributed by atoms with Gasteiger partial charge in [0, 0.05) is 6.42 Å². The Bertz CT molecular complexity index is 1280. The van der Waals surface area contributed by atoms with E-state index < -0.39 is 34.5 Å². The van der Waals surface area contributed by atoms with Gasteiger partial charge in [0.1, 0.15) is 11.7 Å². The third-order valence-corrected chi connectivity index (χ3v) is 22.3. The fourth-order valence-electron chi connectivity index (χ4n) is 7.87. The fourth-order valence-corrected chi connectivity index (χ4v) is 10.5. The van der Waals surface area contributed by atoms with Crippen LogP contribution >= 0.6 is 0 Å². The molecule has 3 fully saturated rings. The SMILES string of the molecule is C=C1/C(=C\C=C2/CCC[C@]3(C)[C@@H]([C@H](C)/C=C/[C@@H](O)C(C)(C)OC(=O)OC)CC[C@@H]23)C[C@@H](O[Si](C)(C)C(C)(C)C)C[C@@H]1O[Si](C)(C)C(C)(C)C. The molecule has 280 valence electrons. The summed E-state index contributed by atoms with van der Waals surface area (Å²) in [5, 5.41) is 11.1. The van der Waals surface area contributed by atoms with Gasteiger partial charge in [-0.25, -0.2) is 4.79 Å². The van der Waals surface area contributed by atoms with E-state index in [1.54, 1.807) is 25.5 Å². The summed E-state index contributed by atoms with van der Waals surface area (Å²) in [6.07, 6.45) is 14.8. The van der Waals surface area contributed by atoms with E-state index >= 15 is 0 Å². The second kappa shape index (κ2) is 15.3. The normalized spacial score (nSPS) is 30.5. The van der Waals surface area contributed by atoms with Crippen LogP contribution in [0.4, 0.5) is 4.79 Å². The zero-order valence-electron chi connectivity index (χ0n) is 33.9. The lowest BCUT2D eigenvalue weighted by molar-refractivity contribution is -0.0617. The van der Waals surface area contributed by atoms with Crippen molar-refractivity contribution in [3.05, 3.63) is 47.6 Å². The Morgan fingerprint density at radius 1 is 0.959 bits per heavy atom. The molecule has 49 heavy (non-hydrogen) atoms. The van der Waals surface area contributed by atoms with Crippen molar-refractivity contribution in [3.63, 3.8) is 0 Å². The lowest BCUT2D eigenvalue weighted by Gasteiger charge is -2.45. The topological polar surface area (TPSA) is 74.2 Å². The van der Waals surface area contributed by atoms with Gasteiger partial charge in [-0.15, -0.1) is 0 Å². The Morgan fingerprint density at radius 2 is 1.55 bits per heavy atom. The van der Waals surface area contributed by atoms with Crippen LogP contribution in [0.2, 0.25) is 36.3 Å². The maximum atomic E-state index is 11.7. The standard InChI is InChI=1S/C41H72O6Si2/c1-28(19-24-36(42)40(9,10)45-37(43)44-12)33-22-23-34-30(18-17-25-41(33,34)11)20-21-31-26-32(46-48(13,14)38(3,4)5)27-35(29(31)2)47-49(15,16)39(6,7)8/h19-21,24,28,32-36,42H,2,17-18,22-23,25-27H2,1,3-16H3/b24-19+,30-20+,31-21-/t28-,32-,33-,34+,35+,36-,41-/m1/s1. The van der Waals surface area contributed by atoms with Gasteiger partial charge in [0.2, 0.25) is 0 Å². The maximum absolute atomic E-state index is 11.7. The first kappa shape index (κ1) is 42.0. The fraction of sp³-hybridized carbons (Fsp3) is 0.780. The summed E-state index contributed by atoms with van der Waals surface area (Å²) in [6.45, 7) is 36.1. The monoisotopic (exact) mass is 716 g/mol. The number of allylic oxidation sites excluding steroid dienone is 4. The van der Waals surface area contributed by atoms with Gasteiger partial charge in [0.25, 0.3) is 0 Å². The second-order valence-electron chi connectivity index (χ2n) is 19.2. The zero-order valence-corrected chi connectivity index (χ0v) is 35.9. The minimum atomic E-state index is -2.02. The first-order valence-corrected chi connectivity index (χ1v) is 24.6. The van der Waals surface area contributed by atoms with Crippen molar-refractivity contribution in [2.24, 2.45) is 23.2 Å². The molecule has 0 radical (unpaired) electrons. The van der Waals surface area contributed by atoms with Gasteiger partial charge in [-0.1, -0.05) is 91.8 Å². The summed E-state index contributed by atoms with van der Waals surface area (Å²) in [5.74, 6) is 1.34. The van der Waals surface area contributed by atoms with Gasteiger partial charge in [-0.2, -0.15) is 0 Å². The number of methoxy groups -OCH3 is 1. The molecule has 0 saturated heterocycles. The van der Waals surface area contributed by atoms with E-state index in [0.29, 0.717) is 11.8 Å². The van der Waals surface area contributed by atoms with Crippen LogP contribution < -0.4 is 0 Å². The van der Waals surface area contributed by atoms with Crippen molar-refractivity contribution < 1.29 is 28.2 Å². The molecule has 0 spiro atoms. The Morgan fingerprint density at radius 3 is 2.12 bits per heavy atom. The van der Waals surface area contributed by atoms with E-state index in [0.717, 1.165) is 31.3 Å². The summed E-state index contributed by atoms with van der Waals surface area (Å²) in [7, 11) is -2.71. The van der Waals surface area contributed by atoms with E-state index in [-0.39, 0.29) is 33.6 Å². The zero-order chi connectivity index (χ0) is 37.4. The molecule has 0 aromatic heterocycles. The average molecular weight is 717 g/mol. The number of fused-ring (bicyclic) bond motifs is 1. The number of carbonyl (C=O) groups excluding carboxylic acids is 1. The smallest absolute Gasteiger partial charge is 0.438 e. The van der Waals surface area contributed by atoms with E-state index in [4.69, 9.17) is 13.6 Å². The Hall–Kier alpha value is -1.46. The van der Waals surface area contributed by atoms with E-state index in [2.05, 4.69) is 111 Å². The Labute approximate surface area is 302 Å². The van der Waals surface area contributed by atoms with Crippen LogP contribution in [-0.4, -0.2) is 58.9 Å². The number of rotatable bonds is 10. The molecule has 6 nitrogen and oxygen atoms in total. The molecule has 0 aliphatic heterocycles. The molecule has 0 heterocycles. The number of aliphatic hydroxyl groups excluding tert-OH is 1. The molecule has 3 saturated carbocycles. The summed E-state index contributed by atoms with van der Waals surface area (Å²) in [6, 6.07) is 0. The molecule has 1 N–H and O–H groups in total. The molecule has 0 unspecified atom stereocenters. The molecular weight excluding hydrogens is 645 g/mol. The third-order valence-electron chi connectivity index (χ3n) is 13.2. The number of carbonyl (C=O) groups is 1. The Balaban J connectivity index is 1.87. The first-order valence-electron chi connectivity index (χ1n) is 18.8. The molecule has 8 heteroatoms. The largest absolute Gasteiger partial charge is 0.508 e. The van der Waals surface area contributed by atoms with Gasteiger partial charge in [-0.3, -0.25) is 0 Å². The highest BCUT2D eigenvalue weighted by molar-refractivity contribution is 6.74. The molecule has 3 aliphatic rings. The summed E-state index contributed by atoms with van der Waals surface area (Å²) >= 11 is 0. The number of hydrogen-bond acceptors (Lipinski definition) is 6. The molecule has 0 aromatic carbocycles. The lowest BCUT2D eigenvalue weighted by Crippen LogP contribution is -2.49. The lowest BCUT2D eigenvalue weighted by atomic mass is 9.61. The van der Waals surface area contributed by atoms with Crippen molar-refractivity contribution in [1.29, 1.82) is 0 Å². The minimum Gasteiger partial charge on any atom is -0.438 e. The van der Waals surface area contributed by atoms with Gasteiger partial charge in [-0.05, 0) is 123 Å². The van der Waals surface area contributed by atoms with Crippen molar-refractivity contribution in [2.45, 2.75) is 174 Å². The third kappa shape index (κ3) is 9.71. The van der Waals surface area contributed by atoms with E-state index in [1.165, 1.54) is 31.9 Å². The van der Waals surface area contributed by atoms with Crippen LogP contribution in [0.25, 0.3) is 0 Å². The molecule has 0 bridgehead atoms. The number of hydrogen-bond donors (Lipinski definition) is 1. The highest BCUT2D eigenvalue weighted by atomic mass is 28.4. The summed E-state index contributed by atoms with van der Waals surface area (Å²) < 4.78 is 24.1. The van der Waals surface area contributed by atoms with Crippen LogP contribution in [0, 0.1) is 23.2 Å². The van der Waals surface area contributed by atoms with E-state index in [9.17, 15) is 9.90 Å². The molecule has 3 aliphatic carbocycles.